The number of rotatable bonds is 3. The van der Waals surface area contributed by atoms with Crippen molar-refractivity contribution in [3.63, 3.8) is 0 Å². The molecule has 3 nitrogen and oxygen atoms in total. The minimum atomic E-state index is -0.0749. The van der Waals surface area contributed by atoms with Crippen LogP contribution < -0.4 is 0 Å². The topological polar surface area (TPSA) is 36.1 Å². The molecule has 0 atom stereocenters. The number of halogens is 1. The van der Waals surface area contributed by atoms with Crippen molar-refractivity contribution in [1.29, 1.82) is 0 Å². The Balaban J connectivity index is 2.31. The third-order valence-corrected chi connectivity index (χ3v) is 2.28. The van der Waals surface area contributed by atoms with Crippen LogP contribution in [0.5, 0.6) is 0 Å². The van der Waals surface area contributed by atoms with Crippen molar-refractivity contribution < 1.29 is 4.79 Å². The van der Waals surface area contributed by atoms with Gasteiger partial charge in [0.15, 0.2) is 0 Å². The van der Waals surface area contributed by atoms with Gasteiger partial charge in [-0.15, -0.1) is 0 Å². The monoisotopic (exact) mass is 230 g/mol. The van der Waals surface area contributed by atoms with Crippen LogP contribution in [0.1, 0.15) is 5.69 Å². The highest BCUT2D eigenvalue weighted by atomic mass is 79.9. The second-order valence-corrected chi connectivity index (χ2v) is 3.30. The summed E-state index contributed by atoms with van der Waals surface area (Å²) in [6.07, 6.45) is 2.74. The highest BCUT2D eigenvalue weighted by molar-refractivity contribution is 9.18. The van der Waals surface area contributed by atoms with Gasteiger partial charge in [-0.2, -0.15) is 0 Å². The molecule has 0 radical (unpaired) electrons. The molecule has 0 saturated carbocycles. The first-order valence-electron chi connectivity index (χ1n) is 3.73. The van der Waals surface area contributed by atoms with E-state index in [0.717, 1.165) is 18.7 Å². The van der Waals surface area contributed by atoms with Crippen LogP contribution in [-0.4, -0.2) is 28.3 Å². The summed E-state index contributed by atoms with van der Waals surface area (Å²) < 4.78 is 0. The number of carbonyl (C=O) groups excluding carboxylic acids is 1. The van der Waals surface area contributed by atoms with E-state index in [2.05, 4.69) is 20.9 Å². The van der Waals surface area contributed by atoms with Gasteiger partial charge in [-0.1, -0.05) is 0 Å². The van der Waals surface area contributed by atoms with Gasteiger partial charge in [0.05, 0.1) is 0 Å². The Morgan fingerprint density at radius 1 is 1.75 bits per heavy atom. The molecule has 0 fully saturated rings. The van der Waals surface area contributed by atoms with Crippen LogP contribution in [-0.2, 0) is 6.42 Å². The van der Waals surface area contributed by atoms with E-state index in [9.17, 15) is 4.79 Å². The lowest BCUT2D eigenvalue weighted by molar-refractivity contribution is 0.235. The van der Waals surface area contributed by atoms with Gasteiger partial charge in [-0.3, -0.25) is 4.79 Å². The standard InChI is InChI=1S/C8H11BrN2O/c1-11(8(9)12)6-4-7-3-2-5-10-7/h2-3,5,10H,4,6H2,1H3. The van der Waals surface area contributed by atoms with Crippen molar-refractivity contribution in [3.05, 3.63) is 24.0 Å². The number of likely N-dealkylation sites (N-methyl/N-ethyl adjacent to an activating group) is 1. The van der Waals surface area contributed by atoms with E-state index in [1.807, 2.05) is 18.3 Å². The molecule has 1 aromatic rings. The highest BCUT2D eigenvalue weighted by Crippen LogP contribution is 2.00. The molecule has 1 amide bonds. The van der Waals surface area contributed by atoms with Gasteiger partial charge in [0, 0.05) is 47.8 Å². The summed E-state index contributed by atoms with van der Waals surface area (Å²) in [5.41, 5.74) is 1.15. The third-order valence-electron chi connectivity index (χ3n) is 1.68. The molecule has 0 aliphatic carbocycles. The zero-order valence-corrected chi connectivity index (χ0v) is 8.47. The van der Waals surface area contributed by atoms with Gasteiger partial charge in [-0.25, -0.2) is 0 Å². The molecule has 66 valence electrons. The summed E-state index contributed by atoms with van der Waals surface area (Å²) in [5.74, 6) is 0. The predicted octanol–water partition coefficient (Wildman–Crippen LogP) is 2.00. The van der Waals surface area contributed by atoms with E-state index in [1.165, 1.54) is 0 Å². The number of hydrogen-bond acceptors (Lipinski definition) is 1. The minimum absolute atomic E-state index is 0.0749. The lowest BCUT2D eigenvalue weighted by Crippen LogP contribution is -2.23. The average molecular weight is 231 g/mol. The first kappa shape index (κ1) is 9.32. The SMILES string of the molecule is CN(CCc1ccc[nH]1)C(=O)Br. The maximum Gasteiger partial charge on any atom is 0.289 e. The van der Waals surface area contributed by atoms with E-state index in [-0.39, 0.29) is 4.82 Å². The number of carbonyl (C=O) groups is 1. The fourth-order valence-electron chi connectivity index (χ4n) is 0.899. The van der Waals surface area contributed by atoms with E-state index in [0.29, 0.717) is 0 Å². The van der Waals surface area contributed by atoms with Crippen LogP contribution in [0.3, 0.4) is 0 Å². The highest BCUT2D eigenvalue weighted by Gasteiger charge is 2.03. The van der Waals surface area contributed by atoms with E-state index in [1.54, 1.807) is 11.9 Å². The third kappa shape index (κ3) is 2.70. The molecule has 0 aliphatic heterocycles. The van der Waals surface area contributed by atoms with Gasteiger partial charge in [-0.05, 0) is 12.1 Å². The quantitative estimate of drug-likeness (QED) is 0.626. The summed E-state index contributed by atoms with van der Waals surface area (Å²) in [6, 6.07) is 3.96. The molecule has 1 aromatic heterocycles. The second kappa shape index (κ2) is 4.30. The zero-order chi connectivity index (χ0) is 8.97. The Hall–Kier alpha value is -0.770. The number of H-pyrrole nitrogens is 1. The van der Waals surface area contributed by atoms with Crippen molar-refractivity contribution in [2.24, 2.45) is 0 Å². The molecule has 0 saturated heterocycles. The number of nitrogens with zero attached hydrogens (tertiary/aromatic N) is 1. The fraction of sp³-hybridized carbons (Fsp3) is 0.375. The molecule has 1 N–H and O–H groups in total. The number of amides is 1. The summed E-state index contributed by atoms with van der Waals surface area (Å²) in [6.45, 7) is 0.727. The largest absolute Gasteiger partial charge is 0.365 e. The Labute approximate surface area is 79.9 Å². The molecule has 0 bridgehead atoms. The number of aromatic nitrogens is 1. The van der Waals surface area contributed by atoms with Crippen LogP contribution in [0.15, 0.2) is 18.3 Å². The van der Waals surface area contributed by atoms with E-state index < -0.39 is 0 Å². The van der Waals surface area contributed by atoms with Gasteiger partial charge >= 0.3 is 0 Å². The molecule has 0 unspecified atom stereocenters. The molecular formula is C8H11BrN2O. The van der Waals surface area contributed by atoms with Crippen molar-refractivity contribution >= 4 is 20.7 Å². The first-order chi connectivity index (χ1) is 5.70. The second-order valence-electron chi connectivity index (χ2n) is 2.62. The molecular weight excluding hydrogens is 220 g/mol. The van der Waals surface area contributed by atoms with Crippen molar-refractivity contribution in [3.8, 4) is 0 Å². The molecule has 1 rings (SSSR count). The predicted molar refractivity (Wildman–Crippen MR) is 51.4 cm³/mol. The van der Waals surface area contributed by atoms with Crippen molar-refractivity contribution in [2.45, 2.75) is 6.42 Å². The lowest BCUT2D eigenvalue weighted by Gasteiger charge is -2.11. The molecule has 12 heavy (non-hydrogen) atoms. The Kier molecular flexibility index (Phi) is 3.34. The lowest BCUT2D eigenvalue weighted by atomic mass is 10.3. The number of nitrogens with one attached hydrogen (secondary N) is 1. The maximum absolute atomic E-state index is 10.7. The van der Waals surface area contributed by atoms with Gasteiger partial charge in [0.1, 0.15) is 0 Å². The van der Waals surface area contributed by atoms with Crippen LogP contribution in [0.25, 0.3) is 0 Å². The van der Waals surface area contributed by atoms with Crippen LogP contribution in [0.4, 0.5) is 4.79 Å². The van der Waals surface area contributed by atoms with E-state index >= 15 is 0 Å². The Morgan fingerprint density at radius 2 is 2.50 bits per heavy atom. The maximum atomic E-state index is 10.7. The van der Waals surface area contributed by atoms with Gasteiger partial charge in [0.2, 0.25) is 0 Å². The van der Waals surface area contributed by atoms with E-state index in [4.69, 9.17) is 0 Å². The summed E-state index contributed by atoms with van der Waals surface area (Å²) in [7, 11) is 1.76. The van der Waals surface area contributed by atoms with Crippen LogP contribution in [0, 0.1) is 0 Å². The van der Waals surface area contributed by atoms with Crippen LogP contribution >= 0.6 is 15.9 Å². The number of aromatic amines is 1. The Morgan fingerprint density at radius 3 is 3.00 bits per heavy atom. The fourth-order valence-corrected chi connectivity index (χ4v) is 1.08. The summed E-state index contributed by atoms with van der Waals surface area (Å²) >= 11 is 2.88. The molecule has 0 aromatic carbocycles. The number of hydrogen-bond donors (Lipinski definition) is 1. The van der Waals surface area contributed by atoms with Crippen molar-refractivity contribution in [1.82, 2.24) is 9.88 Å². The van der Waals surface area contributed by atoms with Gasteiger partial charge in [0.25, 0.3) is 4.82 Å². The van der Waals surface area contributed by atoms with Crippen molar-refractivity contribution in [2.75, 3.05) is 13.6 Å². The minimum Gasteiger partial charge on any atom is -0.365 e. The molecule has 4 heteroatoms. The van der Waals surface area contributed by atoms with Gasteiger partial charge < -0.3 is 9.88 Å². The average Bonchev–Trinajstić information content (AvgIpc) is 2.51. The molecule has 0 spiro atoms. The normalized spacial score (nSPS) is 9.83. The van der Waals surface area contributed by atoms with Crippen LogP contribution in [0.2, 0.25) is 0 Å². The Bertz CT molecular complexity index is 246. The smallest absolute Gasteiger partial charge is 0.289 e. The summed E-state index contributed by atoms with van der Waals surface area (Å²) in [4.78, 5) is 15.4. The molecule has 0 aliphatic rings. The summed E-state index contributed by atoms with van der Waals surface area (Å²) in [5, 5.41) is 0. The molecule has 1 heterocycles. The first-order valence-corrected chi connectivity index (χ1v) is 4.52. The zero-order valence-electron chi connectivity index (χ0n) is 6.88.